The summed E-state index contributed by atoms with van der Waals surface area (Å²) in [5.74, 6) is 3.71. The molecule has 3 saturated carbocycles. The van der Waals surface area contributed by atoms with E-state index in [1.165, 1.54) is 31.4 Å². The Hall–Kier alpha value is -1.59. The summed E-state index contributed by atoms with van der Waals surface area (Å²) in [4.78, 5) is 17.3. The van der Waals surface area contributed by atoms with Crippen molar-refractivity contribution < 1.29 is 9.53 Å². The van der Waals surface area contributed by atoms with Gasteiger partial charge in [0.05, 0.1) is 19.8 Å². The Kier molecular flexibility index (Phi) is 4.82. The molecule has 2 heterocycles. The Bertz CT molecular complexity index is 643. The van der Waals surface area contributed by atoms with Crippen LogP contribution in [0.5, 0.6) is 0 Å². The van der Waals surface area contributed by atoms with Gasteiger partial charge in [-0.2, -0.15) is 0 Å². The maximum absolute atomic E-state index is 12.6. The zero-order chi connectivity index (χ0) is 18.2. The summed E-state index contributed by atoms with van der Waals surface area (Å²) in [5, 5.41) is 3.09. The van der Waals surface area contributed by atoms with Crippen LogP contribution in [0.4, 0.5) is 11.4 Å². The number of morpholine rings is 1. The zero-order valence-corrected chi connectivity index (χ0v) is 16.1. The van der Waals surface area contributed by atoms with Gasteiger partial charge in [0.25, 0.3) is 0 Å². The average Bonchev–Trinajstić information content (AvgIpc) is 3.15. The van der Waals surface area contributed by atoms with Crippen LogP contribution >= 0.6 is 0 Å². The topological polar surface area (TPSA) is 44.8 Å². The summed E-state index contributed by atoms with van der Waals surface area (Å²) < 4.78 is 5.41. The number of likely N-dealkylation sites (tertiary alicyclic amines) is 1. The first-order valence-electron chi connectivity index (χ1n) is 10.7. The number of hydrogen-bond acceptors (Lipinski definition) is 4. The van der Waals surface area contributed by atoms with E-state index in [4.69, 9.17) is 4.74 Å². The van der Waals surface area contributed by atoms with Gasteiger partial charge in [0.1, 0.15) is 0 Å². The molecule has 0 radical (unpaired) electrons. The Morgan fingerprint density at radius 3 is 2.15 bits per heavy atom. The minimum atomic E-state index is 0.125. The van der Waals surface area contributed by atoms with Crippen LogP contribution in [0.25, 0.3) is 0 Å². The molecule has 1 aromatic carbocycles. The fourth-order valence-electron chi connectivity index (χ4n) is 6.05. The second kappa shape index (κ2) is 7.44. The van der Waals surface area contributed by atoms with E-state index in [0.29, 0.717) is 6.54 Å². The van der Waals surface area contributed by atoms with Crippen LogP contribution in [0.3, 0.4) is 0 Å². The molecule has 2 saturated heterocycles. The van der Waals surface area contributed by atoms with Gasteiger partial charge < -0.3 is 15.0 Å². The molecule has 2 atom stereocenters. The van der Waals surface area contributed by atoms with Crippen LogP contribution in [-0.2, 0) is 9.53 Å². The summed E-state index contributed by atoms with van der Waals surface area (Å²) in [7, 11) is 0. The number of rotatable bonds is 4. The van der Waals surface area contributed by atoms with Gasteiger partial charge in [-0.1, -0.05) is 0 Å². The van der Waals surface area contributed by atoms with Gasteiger partial charge in [-0.05, 0) is 73.6 Å². The van der Waals surface area contributed by atoms with Crippen molar-refractivity contribution in [3.8, 4) is 0 Å². The molecule has 5 fully saturated rings. The van der Waals surface area contributed by atoms with Crippen molar-refractivity contribution in [3.63, 3.8) is 0 Å². The van der Waals surface area contributed by atoms with Crippen LogP contribution < -0.4 is 10.2 Å². The van der Waals surface area contributed by atoms with Gasteiger partial charge in [-0.3, -0.25) is 9.69 Å². The smallest absolute Gasteiger partial charge is 0.238 e. The number of amides is 1. The normalized spacial score (nSPS) is 33.1. The van der Waals surface area contributed by atoms with Crippen molar-refractivity contribution in [2.45, 2.75) is 25.7 Å². The Morgan fingerprint density at radius 2 is 1.56 bits per heavy atom. The molecule has 0 spiro atoms. The zero-order valence-electron chi connectivity index (χ0n) is 16.1. The van der Waals surface area contributed by atoms with Crippen molar-refractivity contribution in [2.24, 2.45) is 23.7 Å². The first-order valence-corrected chi connectivity index (χ1v) is 10.7. The lowest BCUT2D eigenvalue weighted by Gasteiger charge is -2.45. The molecule has 5 aliphatic rings. The van der Waals surface area contributed by atoms with Gasteiger partial charge in [-0.25, -0.2) is 0 Å². The minimum Gasteiger partial charge on any atom is -0.378 e. The third-order valence-corrected chi connectivity index (χ3v) is 7.41. The lowest BCUT2D eigenvalue weighted by Crippen LogP contribution is -2.38. The molecule has 1 N–H and O–H groups in total. The lowest BCUT2D eigenvalue weighted by atomic mass is 9.60. The number of carbonyl (C=O) groups excluding carboxylic acids is 1. The SMILES string of the molecule is O=C(CN1CC2C3CCC(CC3)C2C1)Nc1ccc(N2CCOCC2)cc1. The van der Waals surface area contributed by atoms with Crippen LogP contribution in [0.2, 0.25) is 0 Å². The van der Waals surface area contributed by atoms with E-state index >= 15 is 0 Å². The molecule has 5 heteroatoms. The van der Waals surface area contributed by atoms with Crippen molar-refractivity contribution in [2.75, 3.05) is 56.2 Å². The van der Waals surface area contributed by atoms with E-state index in [-0.39, 0.29) is 5.91 Å². The number of anilines is 2. The number of nitrogens with one attached hydrogen (secondary N) is 1. The van der Waals surface area contributed by atoms with Crippen LogP contribution in [-0.4, -0.2) is 56.7 Å². The van der Waals surface area contributed by atoms with Crippen molar-refractivity contribution in [1.29, 1.82) is 0 Å². The van der Waals surface area contributed by atoms with Gasteiger partial charge in [0.15, 0.2) is 0 Å². The molecule has 27 heavy (non-hydrogen) atoms. The molecule has 2 bridgehead atoms. The molecule has 1 aromatic rings. The summed E-state index contributed by atoms with van der Waals surface area (Å²) in [6.45, 7) is 6.26. The molecular formula is C22H31N3O2. The first-order chi connectivity index (χ1) is 13.3. The standard InChI is InChI=1S/C22H31N3O2/c26-22(15-24-13-20-16-1-2-17(4-3-16)21(20)14-24)23-18-5-7-19(8-6-18)25-9-11-27-12-10-25/h5-8,16-17,20-21H,1-4,9-15H2,(H,23,26). The molecular weight excluding hydrogens is 338 g/mol. The number of benzene rings is 1. The van der Waals surface area contributed by atoms with Crippen molar-refractivity contribution >= 4 is 17.3 Å². The second-order valence-electron chi connectivity index (χ2n) is 8.89. The highest BCUT2D eigenvalue weighted by molar-refractivity contribution is 5.92. The molecule has 5 nitrogen and oxygen atoms in total. The molecule has 2 unspecified atom stereocenters. The highest BCUT2D eigenvalue weighted by Gasteiger charge is 2.48. The fraction of sp³-hybridized carbons (Fsp3) is 0.682. The maximum atomic E-state index is 12.6. The molecule has 3 aliphatic carbocycles. The second-order valence-corrected chi connectivity index (χ2v) is 8.89. The quantitative estimate of drug-likeness (QED) is 0.886. The van der Waals surface area contributed by atoms with E-state index in [1.807, 2.05) is 12.1 Å². The van der Waals surface area contributed by atoms with E-state index in [1.54, 1.807) is 0 Å². The van der Waals surface area contributed by atoms with Crippen molar-refractivity contribution in [1.82, 2.24) is 4.90 Å². The van der Waals surface area contributed by atoms with Gasteiger partial charge >= 0.3 is 0 Å². The number of carbonyl (C=O) groups is 1. The average molecular weight is 370 g/mol. The van der Waals surface area contributed by atoms with E-state index < -0.39 is 0 Å². The van der Waals surface area contributed by atoms with Crippen LogP contribution in [0, 0.1) is 23.7 Å². The van der Waals surface area contributed by atoms with Crippen LogP contribution in [0.1, 0.15) is 25.7 Å². The molecule has 0 aromatic heterocycles. The van der Waals surface area contributed by atoms with E-state index in [2.05, 4.69) is 27.2 Å². The summed E-state index contributed by atoms with van der Waals surface area (Å²) in [6.07, 6.45) is 5.73. The van der Waals surface area contributed by atoms with Gasteiger partial charge in [0.2, 0.25) is 5.91 Å². The monoisotopic (exact) mass is 369 g/mol. The van der Waals surface area contributed by atoms with E-state index in [0.717, 1.165) is 68.8 Å². The van der Waals surface area contributed by atoms with Gasteiger partial charge in [0, 0.05) is 37.6 Å². The van der Waals surface area contributed by atoms with Gasteiger partial charge in [-0.15, -0.1) is 0 Å². The maximum Gasteiger partial charge on any atom is 0.238 e. The largest absolute Gasteiger partial charge is 0.378 e. The Morgan fingerprint density at radius 1 is 0.963 bits per heavy atom. The molecule has 2 aliphatic heterocycles. The minimum absolute atomic E-state index is 0.125. The Labute approximate surface area is 162 Å². The fourth-order valence-corrected chi connectivity index (χ4v) is 6.05. The van der Waals surface area contributed by atoms with Crippen LogP contribution in [0.15, 0.2) is 24.3 Å². The number of nitrogens with zero attached hydrogens (tertiary/aromatic N) is 2. The number of fused-ring (bicyclic) bond motifs is 2. The number of hydrogen-bond donors (Lipinski definition) is 1. The summed E-state index contributed by atoms with van der Waals surface area (Å²) in [5.41, 5.74) is 2.10. The highest BCUT2D eigenvalue weighted by atomic mass is 16.5. The van der Waals surface area contributed by atoms with E-state index in [9.17, 15) is 4.79 Å². The number of ether oxygens (including phenoxy) is 1. The highest BCUT2D eigenvalue weighted by Crippen LogP contribution is 2.51. The summed E-state index contributed by atoms with van der Waals surface area (Å²) in [6, 6.07) is 8.24. The predicted octanol–water partition coefficient (Wildman–Crippen LogP) is 2.83. The third kappa shape index (κ3) is 3.59. The summed E-state index contributed by atoms with van der Waals surface area (Å²) >= 11 is 0. The molecule has 1 amide bonds. The third-order valence-electron chi connectivity index (χ3n) is 7.41. The van der Waals surface area contributed by atoms with Crippen molar-refractivity contribution in [3.05, 3.63) is 24.3 Å². The Balaban J connectivity index is 1.14. The molecule has 146 valence electrons. The molecule has 6 rings (SSSR count). The lowest BCUT2D eigenvalue weighted by molar-refractivity contribution is -0.117. The first kappa shape index (κ1) is 17.5. The predicted molar refractivity (Wildman–Crippen MR) is 107 cm³/mol.